The Balaban J connectivity index is 2.21. The molecule has 27 heavy (non-hydrogen) atoms. The maximum atomic E-state index is 12.4. The van der Waals surface area contributed by atoms with Crippen molar-refractivity contribution in [2.45, 2.75) is 23.9 Å². The lowest BCUT2D eigenvalue weighted by Gasteiger charge is -2.15. The van der Waals surface area contributed by atoms with Gasteiger partial charge in [-0.3, -0.25) is 4.79 Å². The summed E-state index contributed by atoms with van der Waals surface area (Å²) in [5.74, 6) is -1.95. The van der Waals surface area contributed by atoms with Gasteiger partial charge in [-0.05, 0) is 17.1 Å². The predicted octanol–water partition coefficient (Wildman–Crippen LogP) is 1.50. The highest BCUT2D eigenvalue weighted by atomic mass is 35.5. The van der Waals surface area contributed by atoms with Crippen LogP contribution in [0.5, 0.6) is 0 Å². The molecule has 1 atom stereocenters. The monoisotopic (exact) mass is 437 g/mol. The van der Waals surface area contributed by atoms with Crippen molar-refractivity contribution < 1.29 is 23.2 Å². The number of benzene rings is 1. The standard InChI is InChI=1S/C13H13Cl2N5O6S/c14-8-5-7(6-9(15)11(8)16)27(25,26)18-10(12(21)22)1-3-19-4-2-17-13(19)20(23)24/h2,4-6,10,18H,1,3,16H2,(H,21,22). The zero-order valence-electron chi connectivity index (χ0n) is 13.4. The number of aliphatic carboxylic acids is 1. The Kier molecular flexibility index (Phi) is 6.26. The van der Waals surface area contributed by atoms with Crippen LogP contribution in [-0.4, -0.2) is 40.0 Å². The van der Waals surface area contributed by atoms with Crippen LogP contribution in [0.25, 0.3) is 0 Å². The summed E-state index contributed by atoms with van der Waals surface area (Å²) in [4.78, 5) is 24.7. The molecule has 146 valence electrons. The molecule has 0 fully saturated rings. The van der Waals surface area contributed by atoms with E-state index in [0.717, 1.165) is 16.7 Å². The second kappa shape index (κ2) is 8.08. The molecular weight excluding hydrogens is 425 g/mol. The van der Waals surface area contributed by atoms with Crippen LogP contribution in [-0.2, 0) is 21.4 Å². The summed E-state index contributed by atoms with van der Waals surface area (Å²) in [5.41, 5.74) is 5.53. The van der Waals surface area contributed by atoms with Gasteiger partial charge in [-0.2, -0.15) is 4.72 Å². The van der Waals surface area contributed by atoms with Gasteiger partial charge in [0, 0.05) is 6.42 Å². The van der Waals surface area contributed by atoms with Crippen LogP contribution >= 0.6 is 23.2 Å². The number of nitro groups is 1. The summed E-state index contributed by atoms with van der Waals surface area (Å²) < 4.78 is 28.0. The minimum absolute atomic E-state index is 0.0144. The summed E-state index contributed by atoms with van der Waals surface area (Å²) in [5, 5.41) is 19.9. The van der Waals surface area contributed by atoms with Gasteiger partial charge in [0.15, 0.2) is 0 Å². The Morgan fingerprint density at radius 3 is 2.52 bits per heavy atom. The van der Waals surface area contributed by atoms with Crippen LogP contribution in [0.2, 0.25) is 10.0 Å². The number of nitrogens with one attached hydrogen (secondary N) is 1. The predicted molar refractivity (Wildman–Crippen MR) is 96.1 cm³/mol. The minimum Gasteiger partial charge on any atom is -0.480 e. The van der Waals surface area contributed by atoms with Crippen LogP contribution in [0.15, 0.2) is 29.4 Å². The molecule has 1 unspecified atom stereocenters. The lowest BCUT2D eigenvalue weighted by atomic mass is 10.2. The van der Waals surface area contributed by atoms with E-state index < -0.39 is 32.9 Å². The zero-order valence-corrected chi connectivity index (χ0v) is 15.7. The highest BCUT2D eigenvalue weighted by Gasteiger charge is 2.27. The summed E-state index contributed by atoms with van der Waals surface area (Å²) >= 11 is 11.6. The number of anilines is 1. The normalized spacial score (nSPS) is 12.7. The van der Waals surface area contributed by atoms with Gasteiger partial charge < -0.3 is 21.0 Å². The van der Waals surface area contributed by atoms with Crippen molar-refractivity contribution >= 4 is 50.8 Å². The third-order valence-corrected chi connectivity index (χ3v) is 5.55. The number of aryl methyl sites for hydroxylation is 1. The fraction of sp³-hybridized carbons (Fsp3) is 0.231. The molecule has 0 aliphatic heterocycles. The molecule has 0 amide bonds. The van der Waals surface area contributed by atoms with E-state index in [0.29, 0.717) is 0 Å². The van der Waals surface area contributed by atoms with Gasteiger partial charge in [0.25, 0.3) is 0 Å². The van der Waals surface area contributed by atoms with Crippen LogP contribution in [0.1, 0.15) is 6.42 Å². The van der Waals surface area contributed by atoms with Crippen LogP contribution < -0.4 is 10.5 Å². The molecule has 0 saturated heterocycles. The number of sulfonamides is 1. The fourth-order valence-electron chi connectivity index (χ4n) is 2.12. The van der Waals surface area contributed by atoms with Gasteiger partial charge >= 0.3 is 11.9 Å². The molecule has 4 N–H and O–H groups in total. The van der Waals surface area contributed by atoms with Crippen molar-refractivity contribution in [3.05, 3.63) is 44.7 Å². The molecule has 2 aromatic rings. The van der Waals surface area contributed by atoms with E-state index >= 15 is 0 Å². The third-order valence-electron chi connectivity index (χ3n) is 3.47. The van der Waals surface area contributed by atoms with E-state index in [-0.39, 0.29) is 33.6 Å². The second-order valence-electron chi connectivity index (χ2n) is 5.28. The summed E-state index contributed by atoms with van der Waals surface area (Å²) in [6.07, 6.45) is 2.18. The van der Waals surface area contributed by atoms with E-state index in [1.54, 1.807) is 0 Å². The average Bonchev–Trinajstić information content (AvgIpc) is 3.04. The van der Waals surface area contributed by atoms with Gasteiger partial charge in [0.1, 0.15) is 18.4 Å². The highest BCUT2D eigenvalue weighted by Crippen LogP contribution is 2.30. The number of halogens is 2. The molecule has 14 heteroatoms. The van der Waals surface area contributed by atoms with Gasteiger partial charge in [-0.25, -0.2) is 13.0 Å². The van der Waals surface area contributed by atoms with Crippen molar-refractivity contribution in [1.29, 1.82) is 0 Å². The van der Waals surface area contributed by atoms with E-state index in [4.69, 9.17) is 28.9 Å². The van der Waals surface area contributed by atoms with Crippen molar-refractivity contribution in [2.24, 2.45) is 0 Å². The Labute approximate surface area is 162 Å². The molecule has 1 heterocycles. The molecule has 1 aromatic heterocycles. The summed E-state index contributed by atoms with van der Waals surface area (Å²) in [7, 11) is -4.30. The molecule has 0 saturated carbocycles. The molecule has 0 aliphatic carbocycles. The van der Waals surface area contributed by atoms with Crippen molar-refractivity contribution in [1.82, 2.24) is 14.3 Å². The van der Waals surface area contributed by atoms with Gasteiger partial charge in [-0.1, -0.05) is 28.2 Å². The Bertz CT molecular complexity index is 970. The van der Waals surface area contributed by atoms with E-state index in [1.807, 2.05) is 4.72 Å². The van der Waals surface area contributed by atoms with Gasteiger partial charge in [0.05, 0.1) is 27.2 Å². The third kappa shape index (κ3) is 4.86. The number of nitrogens with two attached hydrogens (primary N) is 1. The second-order valence-corrected chi connectivity index (χ2v) is 7.81. The van der Waals surface area contributed by atoms with Gasteiger partial charge in [-0.15, -0.1) is 0 Å². The lowest BCUT2D eigenvalue weighted by molar-refractivity contribution is -0.396. The average molecular weight is 438 g/mol. The Hall–Kier alpha value is -2.41. The first kappa shape index (κ1) is 20.9. The molecule has 0 radical (unpaired) electrons. The summed E-state index contributed by atoms with van der Waals surface area (Å²) in [6, 6.07) is 0.502. The summed E-state index contributed by atoms with van der Waals surface area (Å²) in [6.45, 7) is -0.154. The fourth-order valence-corrected chi connectivity index (χ4v) is 4.01. The van der Waals surface area contributed by atoms with Crippen molar-refractivity contribution in [3.63, 3.8) is 0 Å². The minimum atomic E-state index is -4.30. The van der Waals surface area contributed by atoms with Crippen LogP contribution in [0.4, 0.5) is 11.6 Å². The van der Waals surface area contributed by atoms with Gasteiger partial charge in [0.2, 0.25) is 10.0 Å². The molecular formula is C13H13Cl2N5O6S. The van der Waals surface area contributed by atoms with Crippen LogP contribution in [0, 0.1) is 10.1 Å². The smallest absolute Gasteiger partial charge is 0.434 e. The number of imidazole rings is 1. The van der Waals surface area contributed by atoms with E-state index in [2.05, 4.69) is 4.98 Å². The largest absolute Gasteiger partial charge is 0.480 e. The van der Waals surface area contributed by atoms with Crippen LogP contribution in [0.3, 0.4) is 0 Å². The number of carbonyl (C=O) groups is 1. The number of aromatic nitrogens is 2. The zero-order chi connectivity index (χ0) is 20.4. The quantitative estimate of drug-likeness (QED) is 0.316. The van der Waals surface area contributed by atoms with Crippen molar-refractivity contribution in [2.75, 3.05) is 5.73 Å². The molecule has 0 aliphatic rings. The van der Waals surface area contributed by atoms with E-state index in [9.17, 15) is 28.4 Å². The first-order valence-electron chi connectivity index (χ1n) is 7.18. The Morgan fingerprint density at radius 1 is 1.41 bits per heavy atom. The SMILES string of the molecule is Nc1c(Cl)cc(S(=O)(=O)NC(CCn2ccnc2[N+](=O)[O-])C(=O)O)cc1Cl. The highest BCUT2D eigenvalue weighted by molar-refractivity contribution is 7.89. The molecule has 0 bridgehead atoms. The molecule has 0 spiro atoms. The number of carboxylic acid groups (broad SMARTS) is 1. The molecule has 2 rings (SSSR count). The lowest BCUT2D eigenvalue weighted by Crippen LogP contribution is -2.41. The number of hydrogen-bond donors (Lipinski definition) is 3. The maximum absolute atomic E-state index is 12.4. The number of nitrogens with zero attached hydrogens (tertiary/aromatic N) is 3. The number of carboxylic acids is 1. The first-order chi connectivity index (χ1) is 12.5. The van der Waals surface area contributed by atoms with Crippen molar-refractivity contribution in [3.8, 4) is 0 Å². The molecule has 1 aromatic carbocycles. The maximum Gasteiger partial charge on any atom is 0.434 e. The number of rotatable bonds is 8. The molecule has 11 nitrogen and oxygen atoms in total. The van der Waals surface area contributed by atoms with E-state index in [1.165, 1.54) is 12.4 Å². The topological polar surface area (TPSA) is 170 Å². The Morgan fingerprint density at radius 2 is 2.00 bits per heavy atom. The number of hydrogen-bond acceptors (Lipinski definition) is 7. The first-order valence-corrected chi connectivity index (χ1v) is 9.42. The number of nitrogen functional groups attached to an aromatic ring is 1.